The predicted octanol–water partition coefficient (Wildman–Crippen LogP) is 6.79. The summed E-state index contributed by atoms with van der Waals surface area (Å²) in [5.41, 5.74) is 1.32. The van der Waals surface area contributed by atoms with Gasteiger partial charge in [0, 0.05) is 0 Å². The van der Waals surface area contributed by atoms with Crippen molar-refractivity contribution in [3.63, 3.8) is 0 Å². The van der Waals surface area contributed by atoms with Gasteiger partial charge < -0.3 is 14.5 Å². The number of amidine groups is 1. The lowest BCUT2D eigenvalue weighted by Gasteiger charge is -2.03. The number of furan rings is 1. The Labute approximate surface area is 181 Å². The fourth-order valence-electron chi connectivity index (χ4n) is 2.73. The molecular formula is C21H14Cl2N2O3S. The first-order valence-corrected chi connectivity index (χ1v) is 10.1. The number of halogens is 2. The summed E-state index contributed by atoms with van der Waals surface area (Å²) >= 11 is 13.6. The van der Waals surface area contributed by atoms with Crippen molar-refractivity contribution in [3.8, 4) is 17.1 Å². The maximum absolute atomic E-state index is 11.9. The molecule has 1 amide bonds. The van der Waals surface area contributed by atoms with Crippen LogP contribution in [0.1, 0.15) is 5.76 Å². The van der Waals surface area contributed by atoms with E-state index in [1.807, 2.05) is 12.1 Å². The van der Waals surface area contributed by atoms with Gasteiger partial charge in [-0.25, -0.2) is 4.99 Å². The summed E-state index contributed by atoms with van der Waals surface area (Å²) in [7, 11) is 1.60. The van der Waals surface area contributed by atoms with Crippen LogP contribution in [0.25, 0.3) is 17.4 Å². The number of carbonyl (C=O) groups excluding carboxylic acids is 1. The molecule has 4 rings (SSSR count). The summed E-state index contributed by atoms with van der Waals surface area (Å²) < 4.78 is 11.0. The Kier molecular flexibility index (Phi) is 5.67. The third-order valence-corrected chi connectivity index (χ3v) is 5.53. The van der Waals surface area contributed by atoms with Crippen molar-refractivity contribution in [1.29, 1.82) is 0 Å². The third kappa shape index (κ3) is 4.34. The van der Waals surface area contributed by atoms with Crippen LogP contribution in [0.3, 0.4) is 0 Å². The average molecular weight is 445 g/mol. The van der Waals surface area contributed by atoms with Crippen molar-refractivity contribution in [1.82, 2.24) is 5.32 Å². The zero-order valence-electron chi connectivity index (χ0n) is 15.1. The first kappa shape index (κ1) is 19.6. The first-order chi connectivity index (χ1) is 14.0. The van der Waals surface area contributed by atoms with E-state index in [4.69, 9.17) is 32.4 Å². The Morgan fingerprint density at radius 1 is 1.07 bits per heavy atom. The predicted molar refractivity (Wildman–Crippen MR) is 118 cm³/mol. The zero-order valence-corrected chi connectivity index (χ0v) is 17.4. The summed E-state index contributed by atoms with van der Waals surface area (Å²) in [5, 5.41) is 3.54. The van der Waals surface area contributed by atoms with Crippen molar-refractivity contribution in [2.75, 3.05) is 7.11 Å². The van der Waals surface area contributed by atoms with Crippen LogP contribution in [0, 0.1) is 0 Å². The highest BCUT2D eigenvalue weighted by molar-refractivity contribution is 8.18. The Bertz CT molecular complexity index is 1120. The number of amides is 1. The second kappa shape index (κ2) is 8.37. The number of hydrogen-bond acceptors (Lipinski definition) is 5. The lowest BCUT2D eigenvalue weighted by molar-refractivity contribution is 0.265. The molecule has 1 aliphatic heterocycles. The van der Waals surface area contributed by atoms with Gasteiger partial charge in [-0.1, -0.05) is 29.3 Å². The second-order valence-electron chi connectivity index (χ2n) is 5.98. The molecule has 1 aromatic heterocycles. The van der Waals surface area contributed by atoms with Gasteiger partial charge in [-0.15, -0.1) is 0 Å². The molecule has 29 heavy (non-hydrogen) atoms. The van der Waals surface area contributed by atoms with Gasteiger partial charge in [-0.3, -0.25) is 4.79 Å². The van der Waals surface area contributed by atoms with Gasteiger partial charge in [0.05, 0.1) is 33.3 Å². The number of rotatable bonds is 4. The molecule has 2 aromatic carbocycles. The van der Waals surface area contributed by atoms with Gasteiger partial charge in [0.15, 0.2) is 0 Å². The van der Waals surface area contributed by atoms with Crippen LogP contribution >= 0.6 is 35.0 Å². The van der Waals surface area contributed by atoms with Crippen LogP contribution in [-0.2, 0) is 0 Å². The van der Waals surface area contributed by atoms with Gasteiger partial charge in [-0.05, 0) is 66.4 Å². The number of nitrogens with zero attached hydrogens (tertiary/aromatic N) is 1. The standard InChI is InChI=1S/C21H14Cl2N2O3S/c1-27-13-7-5-12(6-8-13)24-20-18(29-21(26)25-20)11-14-9-10-17(28-14)19-15(22)3-2-4-16(19)23/h2-11H,1H3,(H,24,25,26)/b18-11-. The first-order valence-electron chi connectivity index (χ1n) is 8.51. The number of carbonyl (C=O) groups is 1. The van der Waals surface area contributed by atoms with E-state index in [-0.39, 0.29) is 5.24 Å². The van der Waals surface area contributed by atoms with Crippen molar-refractivity contribution < 1.29 is 13.9 Å². The van der Waals surface area contributed by atoms with E-state index in [1.54, 1.807) is 55.7 Å². The molecule has 8 heteroatoms. The number of nitrogens with one attached hydrogen (secondary N) is 1. The summed E-state index contributed by atoms with van der Waals surface area (Å²) in [4.78, 5) is 17.1. The fraction of sp³-hybridized carbons (Fsp3) is 0.0476. The van der Waals surface area contributed by atoms with Crippen molar-refractivity contribution in [2.45, 2.75) is 0 Å². The minimum Gasteiger partial charge on any atom is -0.497 e. The number of ether oxygens (including phenoxy) is 1. The molecule has 1 aliphatic rings. The SMILES string of the molecule is COc1ccc(N=C2NC(=O)S/C2=C\c2ccc(-c3c(Cl)cccc3Cl)o2)cc1. The molecule has 0 bridgehead atoms. The molecule has 0 saturated carbocycles. The van der Waals surface area contributed by atoms with Gasteiger partial charge in [0.2, 0.25) is 0 Å². The Hall–Kier alpha value is -2.67. The van der Waals surface area contributed by atoms with Crippen LogP contribution in [0.15, 0.2) is 68.9 Å². The van der Waals surface area contributed by atoms with Gasteiger partial charge in [-0.2, -0.15) is 0 Å². The Balaban J connectivity index is 1.65. The highest BCUT2D eigenvalue weighted by Gasteiger charge is 2.24. The smallest absolute Gasteiger partial charge is 0.289 e. The van der Waals surface area contributed by atoms with Crippen molar-refractivity contribution in [2.24, 2.45) is 4.99 Å². The summed E-state index contributed by atoms with van der Waals surface area (Å²) in [5.74, 6) is 2.29. The monoisotopic (exact) mass is 444 g/mol. The molecule has 1 saturated heterocycles. The Morgan fingerprint density at radius 2 is 1.79 bits per heavy atom. The molecule has 0 radical (unpaired) electrons. The van der Waals surface area contributed by atoms with E-state index in [0.717, 1.165) is 17.5 Å². The molecule has 0 unspecified atom stereocenters. The summed E-state index contributed by atoms with van der Waals surface area (Å²) in [6, 6.07) is 16.1. The highest BCUT2D eigenvalue weighted by Crippen LogP contribution is 2.36. The molecule has 1 fully saturated rings. The zero-order chi connectivity index (χ0) is 20.4. The van der Waals surface area contributed by atoms with Crippen LogP contribution in [0.2, 0.25) is 10.0 Å². The summed E-state index contributed by atoms with van der Waals surface area (Å²) in [6.07, 6.45) is 1.75. The molecule has 146 valence electrons. The number of aliphatic imine (C=N–C) groups is 1. The number of methoxy groups -OCH3 is 1. The number of benzene rings is 2. The van der Waals surface area contributed by atoms with Gasteiger partial charge in [0.1, 0.15) is 23.1 Å². The molecular weight excluding hydrogens is 431 g/mol. The fourth-order valence-corrected chi connectivity index (χ4v) is 4.03. The lowest BCUT2D eigenvalue weighted by atomic mass is 10.2. The number of thioether (sulfide) groups is 1. The van der Waals surface area contributed by atoms with E-state index in [9.17, 15) is 4.79 Å². The molecule has 1 N–H and O–H groups in total. The Morgan fingerprint density at radius 3 is 2.48 bits per heavy atom. The van der Waals surface area contributed by atoms with E-state index in [2.05, 4.69) is 10.3 Å². The van der Waals surface area contributed by atoms with Crippen LogP contribution in [-0.4, -0.2) is 18.2 Å². The minimum atomic E-state index is -0.204. The largest absolute Gasteiger partial charge is 0.497 e. The summed E-state index contributed by atoms with van der Waals surface area (Å²) in [6.45, 7) is 0. The maximum atomic E-state index is 11.9. The van der Waals surface area contributed by atoms with E-state index < -0.39 is 0 Å². The van der Waals surface area contributed by atoms with Crippen LogP contribution in [0.5, 0.6) is 5.75 Å². The molecule has 2 heterocycles. The number of hydrogen-bond donors (Lipinski definition) is 1. The van der Waals surface area contributed by atoms with Crippen LogP contribution < -0.4 is 10.1 Å². The average Bonchev–Trinajstić information content (AvgIpc) is 3.29. The molecule has 3 aromatic rings. The van der Waals surface area contributed by atoms with E-state index in [0.29, 0.717) is 43.6 Å². The lowest BCUT2D eigenvalue weighted by Crippen LogP contribution is -2.18. The van der Waals surface area contributed by atoms with Gasteiger partial charge in [0.25, 0.3) is 5.24 Å². The molecule has 5 nitrogen and oxygen atoms in total. The third-order valence-electron chi connectivity index (χ3n) is 4.08. The maximum Gasteiger partial charge on any atom is 0.289 e. The normalized spacial score (nSPS) is 16.4. The minimum absolute atomic E-state index is 0.204. The van der Waals surface area contributed by atoms with Crippen molar-refractivity contribution in [3.05, 3.63) is 75.3 Å². The quantitative estimate of drug-likeness (QED) is 0.480. The van der Waals surface area contributed by atoms with Crippen LogP contribution in [0.4, 0.5) is 10.5 Å². The molecule has 0 aliphatic carbocycles. The molecule has 0 atom stereocenters. The van der Waals surface area contributed by atoms with E-state index in [1.165, 1.54) is 0 Å². The molecule has 0 spiro atoms. The second-order valence-corrected chi connectivity index (χ2v) is 7.81. The van der Waals surface area contributed by atoms with E-state index >= 15 is 0 Å². The van der Waals surface area contributed by atoms with Crippen molar-refractivity contribution >= 4 is 57.8 Å². The van der Waals surface area contributed by atoms with Gasteiger partial charge >= 0.3 is 0 Å². The topological polar surface area (TPSA) is 63.8 Å². The highest BCUT2D eigenvalue weighted by atomic mass is 35.5.